The van der Waals surface area contributed by atoms with Crippen molar-refractivity contribution in [3.63, 3.8) is 0 Å². The summed E-state index contributed by atoms with van der Waals surface area (Å²) in [5, 5.41) is 7.98. The first-order valence-corrected chi connectivity index (χ1v) is 11.0. The molecule has 8 heteroatoms. The van der Waals surface area contributed by atoms with Gasteiger partial charge >= 0.3 is 0 Å². The van der Waals surface area contributed by atoms with Crippen LogP contribution in [0.25, 0.3) is 0 Å². The Labute approximate surface area is 200 Å². The molecule has 5 nitrogen and oxygen atoms in total. The van der Waals surface area contributed by atoms with Crippen LogP contribution >= 0.6 is 34.8 Å². The molecule has 0 fully saturated rings. The number of halogens is 3. The Kier molecular flexibility index (Phi) is 5.49. The standard InChI is InChI=1S/C24H17Cl3N2O3/c1-31-17-8-4-14(5-9-17)22(30)24-29-21(18-10-16(26)11-19(27)23(18)32-24)12-20(28-29)13-2-6-15(25)7-3-13/h2-11,21,24H,12H2,1H3/t21-,24-/m1/s1. The fourth-order valence-corrected chi connectivity index (χ4v) is 4.68. The topological polar surface area (TPSA) is 51.1 Å². The van der Waals surface area contributed by atoms with Gasteiger partial charge in [-0.3, -0.25) is 4.79 Å². The number of benzene rings is 3. The average Bonchev–Trinajstić information content (AvgIpc) is 3.24. The number of hydrogen-bond donors (Lipinski definition) is 0. The molecular weight excluding hydrogens is 471 g/mol. The van der Waals surface area contributed by atoms with Gasteiger partial charge in [-0.2, -0.15) is 5.10 Å². The quantitative estimate of drug-likeness (QED) is 0.399. The van der Waals surface area contributed by atoms with Gasteiger partial charge in [-0.05, 0) is 54.1 Å². The molecule has 2 aliphatic rings. The van der Waals surface area contributed by atoms with E-state index in [1.54, 1.807) is 42.5 Å². The van der Waals surface area contributed by atoms with E-state index in [1.807, 2.05) is 30.3 Å². The Morgan fingerprint density at radius 2 is 1.75 bits per heavy atom. The van der Waals surface area contributed by atoms with E-state index in [0.717, 1.165) is 16.8 Å². The third kappa shape index (κ3) is 3.71. The zero-order valence-corrected chi connectivity index (χ0v) is 19.2. The van der Waals surface area contributed by atoms with Gasteiger partial charge in [0.1, 0.15) is 11.5 Å². The highest BCUT2D eigenvalue weighted by molar-refractivity contribution is 6.35. The van der Waals surface area contributed by atoms with Gasteiger partial charge in [0, 0.05) is 27.6 Å². The fraction of sp³-hybridized carbons (Fsp3) is 0.167. The maximum absolute atomic E-state index is 13.5. The summed E-state index contributed by atoms with van der Waals surface area (Å²) in [7, 11) is 1.58. The van der Waals surface area contributed by atoms with Crippen LogP contribution in [0.5, 0.6) is 11.5 Å². The number of methoxy groups -OCH3 is 1. The van der Waals surface area contributed by atoms with E-state index in [9.17, 15) is 4.79 Å². The number of carbonyl (C=O) groups excluding carboxylic acids is 1. The molecule has 2 aliphatic heterocycles. The van der Waals surface area contributed by atoms with Crippen LogP contribution in [-0.4, -0.2) is 29.8 Å². The predicted octanol–water partition coefficient (Wildman–Crippen LogP) is 6.41. The lowest BCUT2D eigenvalue weighted by Gasteiger charge is -2.37. The molecule has 3 aromatic rings. The van der Waals surface area contributed by atoms with Crippen molar-refractivity contribution in [2.45, 2.75) is 18.7 Å². The van der Waals surface area contributed by atoms with Crippen molar-refractivity contribution >= 4 is 46.3 Å². The molecule has 3 aromatic carbocycles. The van der Waals surface area contributed by atoms with Crippen molar-refractivity contribution in [3.05, 3.63) is 92.4 Å². The first kappa shape index (κ1) is 21.1. The summed E-state index contributed by atoms with van der Waals surface area (Å²) >= 11 is 18.8. The van der Waals surface area contributed by atoms with E-state index in [0.29, 0.717) is 38.6 Å². The second-order valence-corrected chi connectivity index (χ2v) is 8.80. The monoisotopic (exact) mass is 486 g/mol. The number of hydrogen-bond acceptors (Lipinski definition) is 5. The van der Waals surface area contributed by atoms with Crippen LogP contribution in [0.3, 0.4) is 0 Å². The average molecular weight is 488 g/mol. The van der Waals surface area contributed by atoms with Crippen molar-refractivity contribution in [2.24, 2.45) is 5.10 Å². The van der Waals surface area contributed by atoms with Crippen LogP contribution in [0.15, 0.2) is 65.8 Å². The zero-order chi connectivity index (χ0) is 22.4. The normalized spacial score (nSPS) is 19.0. The van der Waals surface area contributed by atoms with E-state index < -0.39 is 6.23 Å². The molecule has 0 amide bonds. The summed E-state index contributed by atoms with van der Waals surface area (Å²) in [5.41, 5.74) is 3.04. The predicted molar refractivity (Wildman–Crippen MR) is 125 cm³/mol. The number of ketones is 1. The number of rotatable bonds is 4. The zero-order valence-electron chi connectivity index (χ0n) is 16.9. The molecule has 0 saturated carbocycles. The lowest BCUT2D eigenvalue weighted by Crippen LogP contribution is -2.46. The molecular formula is C24H17Cl3N2O3. The first-order valence-electron chi connectivity index (χ1n) is 9.90. The molecule has 2 atom stereocenters. The maximum Gasteiger partial charge on any atom is 0.251 e. The Balaban J connectivity index is 1.57. The van der Waals surface area contributed by atoms with Gasteiger partial charge in [0.15, 0.2) is 0 Å². The summed E-state index contributed by atoms with van der Waals surface area (Å²) in [6, 6.07) is 17.5. The Hall–Kier alpha value is -2.73. The minimum atomic E-state index is -0.968. The second kappa shape index (κ2) is 8.32. The van der Waals surface area contributed by atoms with Crippen molar-refractivity contribution in [1.29, 1.82) is 0 Å². The Morgan fingerprint density at radius 3 is 2.44 bits per heavy atom. The summed E-state index contributed by atoms with van der Waals surface area (Å²) in [6.45, 7) is 0. The van der Waals surface area contributed by atoms with E-state index >= 15 is 0 Å². The van der Waals surface area contributed by atoms with Crippen molar-refractivity contribution in [1.82, 2.24) is 5.01 Å². The molecule has 0 N–H and O–H groups in total. The lowest BCUT2D eigenvalue weighted by atomic mass is 9.95. The third-order valence-electron chi connectivity index (χ3n) is 5.58. The highest BCUT2D eigenvalue weighted by atomic mass is 35.5. The molecule has 0 saturated heterocycles. The SMILES string of the molecule is COc1ccc(C(=O)[C@H]2Oc3c(Cl)cc(Cl)cc3[C@H]3CC(c4ccc(Cl)cc4)=NN23)cc1. The highest BCUT2D eigenvalue weighted by Gasteiger charge is 2.44. The van der Waals surface area contributed by atoms with Crippen molar-refractivity contribution in [3.8, 4) is 11.5 Å². The smallest absolute Gasteiger partial charge is 0.251 e. The van der Waals surface area contributed by atoms with Gasteiger partial charge in [0.2, 0.25) is 5.78 Å². The molecule has 162 valence electrons. The van der Waals surface area contributed by atoms with Crippen LogP contribution in [0, 0.1) is 0 Å². The van der Waals surface area contributed by atoms with E-state index in [-0.39, 0.29) is 11.8 Å². The van der Waals surface area contributed by atoms with Crippen LogP contribution in [-0.2, 0) is 0 Å². The molecule has 32 heavy (non-hydrogen) atoms. The van der Waals surface area contributed by atoms with Gasteiger partial charge < -0.3 is 9.47 Å². The van der Waals surface area contributed by atoms with Gasteiger partial charge in [-0.15, -0.1) is 0 Å². The van der Waals surface area contributed by atoms with Gasteiger partial charge in [0.05, 0.1) is 23.9 Å². The van der Waals surface area contributed by atoms with Crippen molar-refractivity contribution in [2.75, 3.05) is 7.11 Å². The molecule has 0 bridgehead atoms. The minimum Gasteiger partial charge on any atom is -0.497 e. The van der Waals surface area contributed by atoms with Crippen molar-refractivity contribution < 1.29 is 14.3 Å². The molecule has 0 aromatic heterocycles. The summed E-state index contributed by atoms with van der Waals surface area (Å²) in [5.74, 6) is 0.892. The van der Waals surface area contributed by atoms with Crippen LogP contribution in [0.4, 0.5) is 0 Å². The maximum atomic E-state index is 13.5. The molecule has 2 heterocycles. The summed E-state index contributed by atoms with van der Waals surface area (Å²) < 4.78 is 11.3. The summed E-state index contributed by atoms with van der Waals surface area (Å²) in [4.78, 5) is 13.5. The van der Waals surface area contributed by atoms with Gasteiger partial charge in [0.25, 0.3) is 6.23 Å². The number of ether oxygens (including phenoxy) is 2. The fourth-order valence-electron chi connectivity index (χ4n) is 4.00. The lowest BCUT2D eigenvalue weighted by molar-refractivity contribution is -0.00448. The number of nitrogens with zero attached hydrogens (tertiary/aromatic N) is 2. The van der Waals surface area contributed by atoms with Gasteiger partial charge in [-0.25, -0.2) is 5.01 Å². The number of hydrazone groups is 1. The molecule has 0 unspecified atom stereocenters. The van der Waals surface area contributed by atoms with Crippen LogP contribution < -0.4 is 9.47 Å². The number of Topliss-reactive ketones (excluding diaryl/α,β-unsaturated/α-hetero) is 1. The summed E-state index contributed by atoms with van der Waals surface area (Å²) in [6.07, 6.45) is -0.398. The van der Waals surface area contributed by atoms with E-state index in [2.05, 4.69) is 0 Å². The van der Waals surface area contributed by atoms with Gasteiger partial charge in [-0.1, -0.05) is 46.9 Å². The molecule has 0 aliphatic carbocycles. The largest absolute Gasteiger partial charge is 0.497 e. The van der Waals surface area contributed by atoms with Crippen LogP contribution in [0.1, 0.15) is 33.9 Å². The molecule has 5 rings (SSSR count). The molecule has 0 radical (unpaired) electrons. The third-order valence-corrected chi connectivity index (χ3v) is 6.34. The number of carbonyl (C=O) groups is 1. The minimum absolute atomic E-state index is 0.226. The van der Waals surface area contributed by atoms with E-state index in [4.69, 9.17) is 49.4 Å². The number of fused-ring (bicyclic) bond motifs is 3. The highest BCUT2D eigenvalue weighted by Crippen LogP contribution is 2.47. The van der Waals surface area contributed by atoms with Crippen LogP contribution in [0.2, 0.25) is 15.1 Å². The van der Waals surface area contributed by atoms with E-state index in [1.165, 1.54) is 0 Å². The second-order valence-electron chi connectivity index (χ2n) is 7.52. The first-order chi connectivity index (χ1) is 15.4. The Morgan fingerprint density at radius 1 is 1.03 bits per heavy atom. The molecule has 0 spiro atoms. The Bertz CT molecular complexity index is 1230.